The van der Waals surface area contributed by atoms with Crippen molar-refractivity contribution in [3.05, 3.63) is 69.3 Å². The summed E-state index contributed by atoms with van der Waals surface area (Å²) in [7, 11) is 0. The predicted molar refractivity (Wildman–Crippen MR) is 123 cm³/mol. The van der Waals surface area contributed by atoms with Gasteiger partial charge in [-0.25, -0.2) is 0 Å². The van der Waals surface area contributed by atoms with Crippen LogP contribution in [0.3, 0.4) is 0 Å². The number of halogens is 1. The maximum Gasteiger partial charge on any atom is 0.276 e. The number of hydrazine groups is 1. The van der Waals surface area contributed by atoms with Gasteiger partial charge in [0.1, 0.15) is 5.75 Å². The first-order chi connectivity index (χ1) is 14.0. The lowest BCUT2D eigenvalue weighted by molar-refractivity contribution is -0.123. The molecule has 2 aromatic carbocycles. The van der Waals surface area contributed by atoms with Crippen LogP contribution in [-0.4, -0.2) is 23.5 Å². The summed E-state index contributed by atoms with van der Waals surface area (Å²) in [6.45, 7) is -0.223. The van der Waals surface area contributed by atoms with E-state index in [-0.39, 0.29) is 11.7 Å². The number of carbonyl (C=O) groups is 2. The van der Waals surface area contributed by atoms with Crippen molar-refractivity contribution in [2.45, 2.75) is 0 Å². The summed E-state index contributed by atoms with van der Waals surface area (Å²) in [6.07, 6.45) is 3.04. The highest BCUT2D eigenvalue weighted by atomic mass is 79.9. The zero-order valence-electron chi connectivity index (χ0n) is 15.0. The number of benzene rings is 2. The third-order valence-electron chi connectivity index (χ3n) is 3.68. The summed E-state index contributed by atoms with van der Waals surface area (Å²) in [5, 5.41) is 6.38. The van der Waals surface area contributed by atoms with E-state index in [0.717, 1.165) is 20.1 Å². The van der Waals surface area contributed by atoms with Crippen molar-refractivity contribution in [2.75, 3.05) is 6.61 Å². The lowest BCUT2D eigenvalue weighted by atomic mass is 10.1. The number of thiocarbonyl (C=S) groups is 1. The molecule has 29 heavy (non-hydrogen) atoms. The zero-order valence-corrected chi connectivity index (χ0v) is 18.2. The number of hydrogen-bond acceptors (Lipinski definition) is 5. The molecule has 0 atom stereocenters. The van der Waals surface area contributed by atoms with Gasteiger partial charge in [-0.2, -0.15) is 0 Å². The predicted octanol–water partition coefficient (Wildman–Crippen LogP) is 3.78. The van der Waals surface area contributed by atoms with Gasteiger partial charge in [0.25, 0.3) is 5.91 Å². The second-order valence-electron chi connectivity index (χ2n) is 5.73. The molecular weight excluding hydrogens is 474 g/mol. The van der Waals surface area contributed by atoms with Crippen LogP contribution in [0.2, 0.25) is 0 Å². The van der Waals surface area contributed by atoms with E-state index in [1.54, 1.807) is 12.1 Å². The number of nitrogens with one attached hydrogen (secondary N) is 3. The van der Waals surface area contributed by atoms with Crippen molar-refractivity contribution in [2.24, 2.45) is 0 Å². The molecule has 1 heterocycles. The van der Waals surface area contributed by atoms with E-state index in [4.69, 9.17) is 17.0 Å². The number of rotatable bonds is 5. The summed E-state index contributed by atoms with van der Waals surface area (Å²) in [5.41, 5.74) is 4.84. The number of ether oxygens (including phenoxy) is 1. The van der Waals surface area contributed by atoms with Crippen molar-refractivity contribution >= 4 is 73.3 Å². The number of amides is 2. The van der Waals surface area contributed by atoms with Crippen LogP contribution >= 0.6 is 39.5 Å². The molecular formula is C20H16BrN3O3S2. The Kier molecular flexibility index (Phi) is 7.34. The van der Waals surface area contributed by atoms with Crippen molar-refractivity contribution in [3.8, 4) is 5.75 Å². The molecule has 0 spiro atoms. The van der Waals surface area contributed by atoms with Gasteiger partial charge in [-0.05, 0) is 62.5 Å². The topological polar surface area (TPSA) is 79.5 Å². The van der Waals surface area contributed by atoms with Gasteiger partial charge in [0, 0.05) is 11.0 Å². The first-order valence-electron chi connectivity index (χ1n) is 8.44. The van der Waals surface area contributed by atoms with Gasteiger partial charge in [0.05, 0.1) is 4.47 Å². The molecule has 3 aromatic rings. The second-order valence-corrected chi connectivity index (χ2v) is 7.91. The molecule has 1 aromatic heterocycles. The molecule has 0 aliphatic heterocycles. The molecule has 0 saturated carbocycles. The molecule has 0 aliphatic carbocycles. The number of fused-ring (bicyclic) bond motifs is 1. The average molecular weight is 490 g/mol. The van der Waals surface area contributed by atoms with E-state index in [0.29, 0.717) is 5.75 Å². The Morgan fingerprint density at radius 3 is 2.72 bits per heavy atom. The number of carbonyl (C=O) groups excluding carboxylic acids is 2. The fourth-order valence-corrected chi connectivity index (χ4v) is 3.74. The van der Waals surface area contributed by atoms with Gasteiger partial charge >= 0.3 is 0 Å². The highest BCUT2D eigenvalue weighted by molar-refractivity contribution is 9.10. The van der Waals surface area contributed by atoms with Crippen LogP contribution in [0.15, 0.2) is 64.5 Å². The van der Waals surface area contributed by atoms with Crippen LogP contribution < -0.4 is 20.9 Å². The van der Waals surface area contributed by atoms with Crippen molar-refractivity contribution < 1.29 is 14.3 Å². The third kappa shape index (κ3) is 6.11. The van der Waals surface area contributed by atoms with Crippen LogP contribution in [0.25, 0.3) is 16.8 Å². The van der Waals surface area contributed by atoms with Crippen LogP contribution in [0, 0.1) is 0 Å². The highest BCUT2D eigenvalue weighted by Gasteiger charge is 2.09. The first-order valence-corrected chi connectivity index (χ1v) is 10.5. The first kappa shape index (κ1) is 21.0. The Hall–Kier alpha value is -2.75. The summed E-state index contributed by atoms with van der Waals surface area (Å²) >= 11 is 9.99. The number of thiophene rings is 1. The normalized spacial score (nSPS) is 10.7. The van der Waals surface area contributed by atoms with Gasteiger partial charge < -0.3 is 4.74 Å². The molecule has 2 amide bonds. The molecule has 0 aliphatic rings. The van der Waals surface area contributed by atoms with Gasteiger partial charge in [0.2, 0.25) is 5.91 Å². The zero-order chi connectivity index (χ0) is 20.6. The molecule has 3 N–H and O–H groups in total. The van der Waals surface area contributed by atoms with E-state index in [9.17, 15) is 9.59 Å². The minimum atomic E-state index is -0.448. The minimum Gasteiger partial charge on any atom is -0.483 e. The fourth-order valence-electron chi connectivity index (χ4n) is 2.36. The second kappa shape index (κ2) is 10.1. The summed E-state index contributed by atoms with van der Waals surface area (Å²) in [6, 6.07) is 15.3. The molecule has 0 fully saturated rings. The standard InChI is InChI=1S/C20H16BrN3O3S2/c21-19-15-6-2-1-4-13(15)7-9-16(19)27-12-18(26)23-24-20(28)22-17(25)10-8-14-5-3-11-29-14/h1-11H,12H2,(H,23,26)(H2,22,24,25,28)/b10-8+. The van der Waals surface area contributed by atoms with E-state index in [1.165, 1.54) is 17.4 Å². The Bertz CT molecular complexity index is 1070. The van der Waals surface area contributed by atoms with Gasteiger partial charge in [-0.1, -0.05) is 36.4 Å². The largest absolute Gasteiger partial charge is 0.483 e. The lowest BCUT2D eigenvalue weighted by Gasteiger charge is -2.12. The molecule has 0 bridgehead atoms. The average Bonchev–Trinajstić information content (AvgIpc) is 3.24. The Balaban J connectivity index is 1.43. The van der Waals surface area contributed by atoms with Crippen molar-refractivity contribution in [1.82, 2.24) is 16.2 Å². The summed E-state index contributed by atoms with van der Waals surface area (Å²) in [5.74, 6) is -0.300. The lowest BCUT2D eigenvalue weighted by Crippen LogP contribution is -2.49. The van der Waals surface area contributed by atoms with Gasteiger partial charge in [0.15, 0.2) is 11.7 Å². The molecule has 0 saturated heterocycles. The summed E-state index contributed by atoms with van der Waals surface area (Å²) < 4.78 is 6.34. The number of hydrogen-bond donors (Lipinski definition) is 3. The molecule has 0 radical (unpaired) electrons. The van der Waals surface area contributed by atoms with Gasteiger partial charge in [-0.3, -0.25) is 25.8 Å². The Morgan fingerprint density at radius 2 is 1.93 bits per heavy atom. The maximum absolute atomic E-state index is 12.0. The quantitative estimate of drug-likeness (QED) is 0.288. The smallest absolute Gasteiger partial charge is 0.276 e. The van der Waals surface area contributed by atoms with Crippen LogP contribution in [0.4, 0.5) is 0 Å². The molecule has 9 heteroatoms. The maximum atomic E-state index is 12.0. The van der Waals surface area contributed by atoms with E-state index in [1.807, 2.05) is 47.8 Å². The molecule has 6 nitrogen and oxygen atoms in total. The Labute approximate surface area is 185 Å². The van der Waals surface area contributed by atoms with Crippen LogP contribution in [0.5, 0.6) is 5.75 Å². The van der Waals surface area contributed by atoms with Crippen LogP contribution in [0.1, 0.15) is 4.88 Å². The van der Waals surface area contributed by atoms with Gasteiger partial charge in [-0.15, -0.1) is 11.3 Å². The SMILES string of the molecule is O=C(/C=C/c1cccs1)NC(=S)NNC(=O)COc1ccc2ccccc2c1Br. The summed E-state index contributed by atoms with van der Waals surface area (Å²) in [4.78, 5) is 24.7. The highest BCUT2D eigenvalue weighted by Crippen LogP contribution is 2.32. The van der Waals surface area contributed by atoms with Crippen molar-refractivity contribution in [3.63, 3.8) is 0 Å². The Morgan fingerprint density at radius 1 is 1.10 bits per heavy atom. The fraction of sp³-hybridized carbons (Fsp3) is 0.0500. The monoisotopic (exact) mass is 489 g/mol. The molecule has 3 rings (SSSR count). The molecule has 148 valence electrons. The van der Waals surface area contributed by atoms with E-state index < -0.39 is 11.8 Å². The minimum absolute atomic E-state index is 0.0222. The third-order valence-corrected chi connectivity index (χ3v) is 5.54. The van der Waals surface area contributed by atoms with Crippen molar-refractivity contribution in [1.29, 1.82) is 0 Å². The van der Waals surface area contributed by atoms with E-state index in [2.05, 4.69) is 32.1 Å². The molecule has 0 unspecified atom stereocenters. The van der Waals surface area contributed by atoms with Crippen LogP contribution in [-0.2, 0) is 9.59 Å². The van der Waals surface area contributed by atoms with E-state index >= 15 is 0 Å².